The zero-order valence-corrected chi connectivity index (χ0v) is 16.1. The molecule has 1 saturated heterocycles. The molecule has 1 heterocycles. The van der Waals surface area contributed by atoms with E-state index in [2.05, 4.69) is 14.8 Å². The number of rotatable bonds is 5. The van der Waals surface area contributed by atoms with E-state index in [0.29, 0.717) is 18.3 Å². The summed E-state index contributed by atoms with van der Waals surface area (Å²) in [4.78, 5) is 9.64. The normalized spacial score (nSPS) is 16.6. The van der Waals surface area contributed by atoms with Gasteiger partial charge in [0, 0.05) is 47.5 Å². The van der Waals surface area contributed by atoms with Gasteiger partial charge in [-0.3, -0.25) is 9.20 Å². The number of hydrogen-bond acceptors (Lipinski definition) is 3. The lowest BCUT2D eigenvalue weighted by atomic mass is 10.2. The molecule has 0 spiro atoms. The van der Waals surface area contributed by atoms with E-state index >= 15 is 0 Å². The molecule has 0 radical (unpaired) electrons. The maximum Gasteiger partial charge on any atom is 0.191 e. The lowest BCUT2D eigenvalue weighted by molar-refractivity contribution is 0.381. The molecule has 0 saturated carbocycles. The van der Waals surface area contributed by atoms with Gasteiger partial charge in [0.1, 0.15) is 0 Å². The van der Waals surface area contributed by atoms with Gasteiger partial charge in [0.05, 0.1) is 17.3 Å². The fraction of sp³-hybridized carbons (Fsp3) is 0.316. The van der Waals surface area contributed by atoms with Gasteiger partial charge in [-0.15, -0.1) is 0 Å². The molecule has 0 bridgehead atoms. The van der Waals surface area contributed by atoms with Crippen LogP contribution in [0.25, 0.3) is 0 Å². The van der Waals surface area contributed by atoms with Gasteiger partial charge in [0.2, 0.25) is 0 Å². The van der Waals surface area contributed by atoms with Crippen LogP contribution < -0.4 is 10.6 Å². The van der Waals surface area contributed by atoms with Crippen LogP contribution in [0.2, 0.25) is 5.02 Å². The first-order chi connectivity index (χ1) is 12.6. The highest BCUT2D eigenvalue weighted by atomic mass is 35.5. The van der Waals surface area contributed by atoms with Crippen molar-refractivity contribution in [2.24, 2.45) is 10.7 Å². The molecule has 7 heteroatoms. The van der Waals surface area contributed by atoms with Crippen LogP contribution in [0.4, 0.5) is 5.69 Å². The Hall–Kier alpha value is -2.05. The Morgan fingerprint density at radius 2 is 1.69 bits per heavy atom. The number of hydrogen-bond donors (Lipinski definition) is 1. The summed E-state index contributed by atoms with van der Waals surface area (Å²) in [6, 6.07) is 17.3. The number of anilines is 1. The van der Waals surface area contributed by atoms with Gasteiger partial charge < -0.3 is 15.5 Å². The van der Waals surface area contributed by atoms with Crippen LogP contribution in [0.5, 0.6) is 0 Å². The Morgan fingerprint density at radius 1 is 1.04 bits per heavy atom. The lowest BCUT2D eigenvalue weighted by Gasteiger charge is -2.36. The molecule has 5 nitrogen and oxygen atoms in total. The van der Waals surface area contributed by atoms with Gasteiger partial charge in [-0.05, 0) is 36.4 Å². The molecule has 0 aromatic heterocycles. The molecule has 1 aliphatic rings. The first-order valence-corrected chi connectivity index (χ1v) is 10.3. The Bertz CT molecular complexity index is 759. The minimum atomic E-state index is -1.04. The quantitative estimate of drug-likeness (QED) is 0.629. The largest absolute Gasteiger partial charge is 0.370 e. The van der Waals surface area contributed by atoms with E-state index in [-0.39, 0.29) is 0 Å². The Kier molecular flexibility index (Phi) is 6.52. The van der Waals surface area contributed by atoms with Crippen molar-refractivity contribution in [2.45, 2.75) is 4.90 Å². The van der Waals surface area contributed by atoms with E-state index in [4.69, 9.17) is 17.3 Å². The van der Waals surface area contributed by atoms with Gasteiger partial charge in [0.15, 0.2) is 5.96 Å². The van der Waals surface area contributed by atoms with Gasteiger partial charge in [-0.1, -0.05) is 29.8 Å². The Labute approximate surface area is 161 Å². The first-order valence-electron chi connectivity index (χ1n) is 8.62. The fourth-order valence-electron chi connectivity index (χ4n) is 2.88. The van der Waals surface area contributed by atoms with E-state index in [1.54, 1.807) is 0 Å². The van der Waals surface area contributed by atoms with Gasteiger partial charge in [-0.2, -0.15) is 0 Å². The van der Waals surface area contributed by atoms with Crippen molar-refractivity contribution in [3.8, 4) is 0 Å². The van der Waals surface area contributed by atoms with Crippen molar-refractivity contribution in [1.29, 1.82) is 0 Å². The Balaban J connectivity index is 1.47. The summed E-state index contributed by atoms with van der Waals surface area (Å²) in [5.41, 5.74) is 7.29. The first kappa shape index (κ1) is 18.7. The van der Waals surface area contributed by atoms with E-state index in [1.165, 1.54) is 5.69 Å². The summed E-state index contributed by atoms with van der Waals surface area (Å²) in [6.45, 7) is 3.87. The number of piperazine rings is 1. The third-order valence-electron chi connectivity index (χ3n) is 4.35. The van der Waals surface area contributed by atoms with Crippen LogP contribution in [0.1, 0.15) is 0 Å². The standard InChI is InChI=1S/C19H23ClN4OS/c20-16-6-8-17(9-7-16)23-11-13-24(14-12-23)19(21)22-10-15-26(25)18-4-2-1-3-5-18/h1-9H,10-15H2,(H2,21,22). The van der Waals surface area contributed by atoms with E-state index in [9.17, 15) is 4.21 Å². The molecule has 3 rings (SSSR count). The van der Waals surface area contributed by atoms with Crippen LogP contribution in [-0.2, 0) is 10.8 Å². The van der Waals surface area contributed by atoms with Gasteiger partial charge >= 0.3 is 0 Å². The minimum Gasteiger partial charge on any atom is -0.370 e. The summed E-state index contributed by atoms with van der Waals surface area (Å²) in [5.74, 6) is 1.01. The minimum absolute atomic E-state index is 0.463. The molecule has 1 fully saturated rings. The van der Waals surface area contributed by atoms with Crippen molar-refractivity contribution in [3.63, 3.8) is 0 Å². The summed E-state index contributed by atoms with van der Waals surface area (Å²) in [6.07, 6.45) is 0. The predicted octanol–water partition coefficient (Wildman–Crippen LogP) is 2.58. The maximum absolute atomic E-state index is 12.2. The monoisotopic (exact) mass is 390 g/mol. The second-order valence-corrected chi connectivity index (χ2v) is 8.06. The number of guanidine groups is 1. The van der Waals surface area contributed by atoms with Crippen LogP contribution in [-0.4, -0.2) is 53.5 Å². The summed E-state index contributed by atoms with van der Waals surface area (Å²) < 4.78 is 12.2. The maximum atomic E-state index is 12.2. The average Bonchev–Trinajstić information content (AvgIpc) is 2.69. The highest BCUT2D eigenvalue weighted by Gasteiger charge is 2.18. The third-order valence-corrected chi connectivity index (χ3v) is 5.96. The molecule has 1 aliphatic heterocycles. The second-order valence-electron chi connectivity index (χ2n) is 6.05. The smallest absolute Gasteiger partial charge is 0.191 e. The number of halogens is 1. The SMILES string of the molecule is NC(=NCCS(=O)c1ccccc1)N1CCN(c2ccc(Cl)cc2)CC1. The van der Waals surface area contributed by atoms with Crippen LogP contribution >= 0.6 is 11.6 Å². The number of benzene rings is 2. The van der Waals surface area contributed by atoms with Gasteiger partial charge in [-0.25, -0.2) is 0 Å². The average molecular weight is 391 g/mol. The lowest BCUT2D eigenvalue weighted by Crippen LogP contribution is -2.51. The van der Waals surface area contributed by atoms with Crippen molar-refractivity contribution < 1.29 is 4.21 Å². The van der Waals surface area contributed by atoms with Crippen LogP contribution in [0.3, 0.4) is 0 Å². The van der Waals surface area contributed by atoms with Gasteiger partial charge in [0.25, 0.3) is 0 Å². The molecule has 138 valence electrons. The molecule has 0 amide bonds. The van der Waals surface area contributed by atoms with Crippen molar-refractivity contribution in [1.82, 2.24) is 4.90 Å². The van der Waals surface area contributed by atoms with E-state index < -0.39 is 10.8 Å². The highest BCUT2D eigenvalue weighted by Crippen LogP contribution is 2.19. The molecule has 2 N–H and O–H groups in total. The zero-order chi connectivity index (χ0) is 18.4. The molecule has 1 atom stereocenters. The molecule has 26 heavy (non-hydrogen) atoms. The van der Waals surface area contributed by atoms with Crippen LogP contribution in [0, 0.1) is 0 Å². The summed E-state index contributed by atoms with van der Waals surface area (Å²) >= 11 is 5.94. The summed E-state index contributed by atoms with van der Waals surface area (Å²) in [5, 5.41) is 0.747. The molecule has 2 aromatic rings. The Morgan fingerprint density at radius 3 is 2.35 bits per heavy atom. The molecular weight excluding hydrogens is 368 g/mol. The molecule has 0 aliphatic carbocycles. The highest BCUT2D eigenvalue weighted by molar-refractivity contribution is 7.85. The zero-order valence-electron chi connectivity index (χ0n) is 14.6. The van der Waals surface area contributed by atoms with E-state index in [0.717, 1.165) is 36.1 Å². The van der Waals surface area contributed by atoms with Crippen molar-refractivity contribution in [2.75, 3.05) is 43.4 Å². The predicted molar refractivity (Wildman–Crippen MR) is 109 cm³/mol. The molecule has 1 unspecified atom stereocenters. The third kappa shape index (κ3) is 4.99. The van der Waals surface area contributed by atoms with Crippen molar-refractivity contribution >= 4 is 34.0 Å². The topological polar surface area (TPSA) is 61.9 Å². The fourth-order valence-corrected chi connectivity index (χ4v) is 3.96. The number of nitrogens with zero attached hydrogens (tertiary/aromatic N) is 3. The molecule has 2 aromatic carbocycles. The van der Waals surface area contributed by atoms with Crippen LogP contribution in [0.15, 0.2) is 64.5 Å². The molecular formula is C19H23ClN4OS. The number of nitrogens with two attached hydrogens (primary N) is 1. The summed E-state index contributed by atoms with van der Waals surface area (Å²) in [7, 11) is -1.04. The van der Waals surface area contributed by atoms with Crippen molar-refractivity contribution in [3.05, 3.63) is 59.6 Å². The van der Waals surface area contributed by atoms with E-state index in [1.807, 2.05) is 54.6 Å². The number of aliphatic imine (C=N–C) groups is 1. The second kappa shape index (κ2) is 9.05.